The number of nitrogens with zero attached hydrogens (tertiary/aromatic N) is 1. The van der Waals surface area contributed by atoms with Crippen LogP contribution in [0.15, 0.2) is 0 Å². The molecule has 0 bridgehead atoms. The van der Waals surface area contributed by atoms with E-state index in [1.807, 2.05) is 47.7 Å². The van der Waals surface area contributed by atoms with Gasteiger partial charge < -0.3 is 9.16 Å². The second kappa shape index (κ2) is 6.93. The molecule has 0 aromatic heterocycles. The van der Waals surface area contributed by atoms with Gasteiger partial charge in [0.25, 0.3) is 0 Å². The zero-order valence-electron chi connectivity index (χ0n) is 13.3. The molecule has 0 radical (unpaired) electrons. The molecule has 0 aliphatic heterocycles. The summed E-state index contributed by atoms with van der Waals surface area (Å²) < 4.78 is 10.2. The van der Waals surface area contributed by atoms with Crippen molar-refractivity contribution in [2.75, 3.05) is 7.11 Å². The van der Waals surface area contributed by atoms with Crippen molar-refractivity contribution >= 4 is 21.1 Å². The maximum atomic E-state index is 12.3. The lowest BCUT2D eigenvalue weighted by molar-refractivity contribution is -0.150. The predicted octanol–water partition coefficient (Wildman–Crippen LogP) is 2.40. The van der Waals surface area contributed by atoms with E-state index in [0.717, 1.165) is 0 Å². The monoisotopic (exact) mass is 289 g/mol. The number of hydrogen-bond donors (Lipinski definition) is 0. The van der Waals surface area contributed by atoms with Crippen LogP contribution in [-0.2, 0) is 14.0 Å². The number of esters is 1. The molecule has 0 saturated carbocycles. The molecule has 5 nitrogen and oxygen atoms in total. The second-order valence-electron chi connectivity index (χ2n) is 6.19. The molecule has 0 aromatic rings. The summed E-state index contributed by atoms with van der Waals surface area (Å²) in [4.78, 5) is 25.8. The first-order valence-corrected chi connectivity index (χ1v) is 9.38. The zero-order valence-corrected chi connectivity index (χ0v) is 14.5. The summed E-state index contributed by atoms with van der Waals surface area (Å²) in [5, 5.41) is 0. The van der Waals surface area contributed by atoms with Crippen molar-refractivity contribution in [3.05, 3.63) is 0 Å². The zero-order chi connectivity index (χ0) is 15.4. The largest absolute Gasteiger partial charge is 0.507 e. The summed E-state index contributed by atoms with van der Waals surface area (Å²) in [6, 6.07) is -0.634. The van der Waals surface area contributed by atoms with E-state index in [9.17, 15) is 9.59 Å². The fraction of sp³-hybridized carbons (Fsp3) is 0.846. The van der Waals surface area contributed by atoms with Crippen molar-refractivity contribution < 1.29 is 18.8 Å². The summed E-state index contributed by atoms with van der Waals surface area (Å²) >= 11 is 0. The number of methoxy groups -OCH3 is 1. The average molecular weight is 289 g/mol. The summed E-state index contributed by atoms with van der Waals surface area (Å²) in [6.07, 6.45) is -0.432. The van der Waals surface area contributed by atoms with Gasteiger partial charge in [0, 0.05) is 5.54 Å². The Balaban J connectivity index is 5.44. The first kappa shape index (κ1) is 18.0. The van der Waals surface area contributed by atoms with Gasteiger partial charge in [-0.1, -0.05) is 13.8 Å². The Morgan fingerprint density at radius 2 is 1.63 bits per heavy atom. The molecule has 0 saturated heterocycles. The van der Waals surface area contributed by atoms with Crippen LogP contribution in [0.1, 0.15) is 34.6 Å². The number of carbonyl (C=O) groups is 2. The lowest BCUT2D eigenvalue weighted by Gasteiger charge is -2.41. The van der Waals surface area contributed by atoms with Crippen molar-refractivity contribution in [3.8, 4) is 0 Å². The van der Waals surface area contributed by atoms with Gasteiger partial charge in [-0.15, -0.1) is 0 Å². The van der Waals surface area contributed by atoms with Crippen molar-refractivity contribution in [1.29, 1.82) is 0 Å². The molecule has 1 amide bonds. The van der Waals surface area contributed by atoms with Crippen LogP contribution in [0, 0.1) is 5.92 Å². The Kier molecular flexibility index (Phi) is 6.55. The van der Waals surface area contributed by atoms with Gasteiger partial charge in [0.1, 0.15) is 6.04 Å². The molecule has 1 atom stereocenters. The minimum Gasteiger partial charge on any atom is -0.507 e. The van der Waals surface area contributed by atoms with Gasteiger partial charge >= 0.3 is 12.1 Å². The van der Waals surface area contributed by atoms with Crippen LogP contribution in [0.25, 0.3) is 0 Å². The van der Waals surface area contributed by atoms with Crippen molar-refractivity contribution in [2.24, 2.45) is 5.92 Å². The van der Waals surface area contributed by atoms with Gasteiger partial charge in [0.05, 0.1) is 7.11 Å². The minimum atomic E-state index is -1.51. The Bertz CT molecular complexity index is 323. The lowest BCUT2D eigenvalue weighted by Crippen LogP contribution is -2.57. The predicted molar refractivity (Wildman–Crippen MR) is 77.6 cm³/mol. The van der Waals surface area contributed by atoms with Crippen LogP contribution in [0.2, 0.25) is 13.1 Å². The van der Waals surface area contributed by atoms with Crippen molar-refractivity contribution in [1.82, 2.24) is 4.90 Å². The Labute approximate surface area is 118 Å². The maximum absolute atomic E-state index is 12.3. The third kappa shape index (κ3) is 5.22. The van der Waals surface area contributed by atoms with E-state index in [-0.39, 0.29) is 5.92 Å². The molecule has 19 heavy (non-hydrogen) atoms. The Hall–Kier alpha value is -1.04. The van der Waals surface area contributed by atoms with Gasteiger partial charge in [-0.2, -0.15) is 0 Å². The van der Waals surface area contributed by atoms with Gasteiger partial charge in [0.2, 0.25) is 9.04 Å². The Morgan fingerprint density at radius 3 is 1.89 bits per heavy atom. The van der Waals surface area contributed by atoms with Crippen molar-refractivity contribution in [2.45, 2.75) is 59.3 Å². The molecule has 0 heterocycles. The van der Waals surface area contributed by atoms with Crippen molar-refractivity contribution in [3.63, 3.8) is 0 Å². The molecule has 0 aliphatic carbocycles. The smallest absolute Gasteiger partial charge is 0.397 e. The molecular formula is C13H27NO4Si. The highest BCUT2D eigenvalue weighted by molar-refractivity contribution is 6.50. The van der Waals surface area contributed by atoms with E-state index in [1.54, 1.807) is 0 Å². The SMILES string of the molecule is COC(=O)[C@H](C(C)C)N(C(=O)O[SiH](C)C)C(C)(C)C. The van der Waals surface area contributed by atoms with Gasteiger partial charge in [0.15, 0.2) is 0 Å². The van der Waals surface area contributed by atoms with Gasteiger partial charge in [-0.05, 0) is 39.8 Å². The number of ether oxygens (including phenoxy) is 1. The standard InChI is InChI=1S/C13H27NO4Si/c1-9(2)10(11(15)17-6)14(13(3,4)5)12(16)18-19(7)8/h9-10,19H,1-8H3/t10-/m0/s1. The summed E-state index contributed by atoms with van der Waals surface area (Å²) in [5.41, 5.74) is -0.510. The number of amides is 1. The second-order valence-corrected chi connectivity index (χ2v) is 8.52. The molecule has 0 aliphatic rings. The molecule has 0 aromatic carbocycles. The average Bonchev–Trinajstić information content (AvgIpc) is 2.20. The van der Waals surface area contributed by atoms with Crippen LogP contribution in [0.5, 0.6) is 0 Å². The number of rotatable bonds is 4. The van der Waals surface area contributed by atoms with Gasteiger partial charge in [-0.3, -0.25) is 4.90 Å². The molecule has 0 fully saturated rings. The van der Waals surface area contributed by atoms with E-state index in [1.165, 1.54) is 12.0 Å². The lowest BCUT2D eigenvalue weighted by atomic mass is 9.96. The van der Waals surface area contributed by atoms with Gasteiger partial charge in [-0.25, -0.2) is 9.59 Å². The first-order chi connectivity index (χ1) is 8.52. The third-order valence-electron chi connectivity index (χ3n) is 2.61. The maximum Gasteiger partial charge on any atom is 0.397 e. The van der Waals surface area contributed by atoms with Crippen LogP contribution < -0.4 is 0 Å². The van der Waals surface area contributed by atoms with Crippen LogP contribution in [0.4, 0.5) is 4.79 Å². The highest BCUT2D eigenvalue weighted by Gasteiger charge is 2.40. The molecule has 6 heteroatoms. The highest BCUT2D eigenvalue weighted by atomic mass is 28.3. The van der Waals surface area contributed by atoms with E-state index in [2.05, 4.69) is 0 Å². The van der Waals surface area contributed by atoms with E-state index in [4.69, 9.17) is 9.16 Å². The highest BCUT2D eigenvalue weighted by Crippen LogP contribution is 2.24. The number of hydrogen-bond acceptors (Lipinski definition) is 4. The quantitative estimate of drug-likeness (QED) is 0.589. The number of carbonyl (C=O) groups excluding carboxylic acids is 2. The van der Waals surface area contributed by atoms with E-state index in [0.29, 0.717) is 0 Å². The summed E-state index contributed by atoms with van der Waals surface area (Å²) in [7, 11) is -0.178. The molecule has 0 rings (SSSR count). The van der Waals surface area contributed by atoms with Crippen LogP contribution in [0.3, 0.4) is 0 Å². The molecular weight excluding hydrogens is 262 g/mol. The topological polar surface area (TPSA) is 55.8 Å². The van der Waals surface area contributed by atoms with E-state index >= 15 is 0 Å². The minimum absolute atomic E-state index is 0.0481. The fourth-order valence-electron chi connectivity index (χ4n) is 1.86. The molecule has 112 valence electrons. The molecule has 0 N–H and O–H groups in total. The van der Waals surface area contributed by atoms with Crippen LogP contribution in [-0.4, -0.2) is 44.7 Å². The molecule has 0 unspecified atom stereocenters. The van der Waals surface area contributed by atoms with Crippen LogP contribution >= 0.6 is 0 Å². The summed E-state index contributed by atoms with van der Waals surface area (Å²) in [5.74, 6) is -0.458. The fourth-order valence-corrected chi connectivity index (χ4v) is 2.38. The third-order valence-corrected chi connectivity index (χ3v) is 3.28. The molecule has 0 spiro atoms. The summed E-state index contributed by atoms with van der Waals surface area (Å²) in [6.45, 7) is 13.3. The van der Waals surface area contributed by atoms with E-state index < -0.39 is 32.7 Å². The Morgan fingerprint density at radius 1 is 1.16 bits per heavy atom. The normalized spacial score (nSPS) is 13.4. The first-order valence-electron chi connectivity index (χ1n) is 6.60.